The zero-order valence-electron chi connectivity index (χ0n) is 19.8. The van der Waals surface area contributed by atoms with Crippen LogP contribution in [0.25, 0.3) is 11.0 Å². The number of methoxy groups -OCH3 is 2. The number of hydrogen-bond acceptors (Lipinski definition) is 5. The van der Waals surface area contributed by atoms with Crippen molar-refractivity contribution in [1.82, 2.24) is 9.55 Å². The minimum atomic E-state index is -0.422. The Morgan fingerprint density at radius 2 is 1.74 bits per heavy atom. The third-order valence-corrected chi connectivity index (χ3v) is 6.48. The van der Waals surface area contributed by atoms with Crippen molar-refractivity contribution in [2.45, 2.75) is 19.9 Å². The first-order valence-electron chi connectivity index (χ1n) is 11.2. The average Bonchev–Trinajstić information content (AvgIpc) is 3.22. The van der Waals surface area contributed by atoms with Crippen LogP contribution in [-0.2, 0) is 4.79 Å². The summed E-state index contributed by atoms with van der Waals surface area (Å²) in [4.78, 5) is 18.6. The Bertz CT molecular complexity index is 1470. The van der Waals surface area contributed by atoms with Crippen molar-refractivity contribution in [2.24, 2.45) is 0 Å². The van der Waals surface area contributed by atoms with E-state index in [0.29, 0.717) is 39.4 Å². The van der Waals surface area contributed by atoms with Gasteiger partial charge in [-0.25, -0.2) is 4.98 Å². The van der Waals surface area contributed by atoms with E-state index in [9.17, 15) is 4.79 Å². The Kier molecular flexibility index (Phi) is 5.86. The van der Waals surface area contributed by atoms with Crippen LogP contribution in [0.3, 0.4) is 0 Å². The summed E-state index contributed by atoms with van der Waals surface area (Å²) in [5, 5.41) is 7.00. The lowest BCUT2D eigenvalue weighted by molar-refractivity contribution is -0.113. The highest BCUT2D eigenvalue weighted by atomic mass is 35.5. The van der Waals surface area contributed by atoms with Gasteiger partial charge in [-0.1, -0.05) is 35.9 Å². The predicted molar refractivity (Wildman–Crippen MR) is 139 cm³/mol. The third-order valence-electron chi connectivity index (χ3n) is 6.23. The maximum atomic E-state index is 13.9. The van der Waals surface area contributed by atoms with Crippen LogP contribution >= 0.6 is 11.6 Å². The number of carbonyl (C=O) groups is 1. The monoisotopic (exact) mass is 488 g/mol. The molecule has 7 nitrogen and oxygen atoms in total. The summed E-state index contributed by atoms with van der Waals surface area (Å²) in [5.74, 6) is 1.62. The maximum Gasteiger partial charge on any atom is 0.255 e. The van der Waals surface area contributed by atoms with Crippen LogP contribution in [0.1, 0.15) is 24.1 Å². The Balaban J connectivity index is 1.64. The van der Waals surface area contributed by atoms with Gasteiger partial charge in [0.2, 0.25) is 5.95 Å². The van der Waals surface area contributed by atoms with E-state index in [1.54, 1.807) is 20.3 Å². The van der Waals surface area contributed by atoms with Gasteiger partial charge in [-0.2, -0.15) is 0 Å². The van der Waals surface area contributed by atoms with E-state index in [2.05, 4.69) is 10.6 Å². The molecule has 0 bridgehead atoms. The molecule has 8 heteroatoms. The SMILES string of the molecule is COc1cc(NC(=O)C2=C(C)Nc3nc4ccccc4n3[C@H]2c2ccc(Cl)cc2)c(OC)cc1C. The number of aryl methyl sites for hydroxylation is 1. The van der Waals surface area contributed by atoms with E-state index >= 15 is 0 Å². The lowest BCUT2D eigenvalue weighted by Gasteiger charge is -2.31. The molecule has 1 aliphatic heterocycles. The lowest BCUT2D eigenvalue weighted by Crippen LogP contribution is -2.31. The fraction of sp³-hybridized carbons (Fsp3) is 0.185. The van der Waals surface area contributed by atoms with E-state index in [-0.39, 0.29) is 5.91 Å². The van der Waals surface area contributed by atoms with Gasteiger partial charge in [0.25, 0.3) is 5.91 Å². The number of rotatable bonds is 5. The zero-order valence-corrected chi connectivity index (χ0v) is 20.6. The number of aromatic nitrogens is 2. The number of anilines is 2. The molecular formula is C27H25ClN4O3. The zero-order chi connectivity index (χ0) is 24.7. The second-order valence-electron chi connectivity index (χ2n) is 8.39. The van der Waals surface area contributed by atoms with Crippen molar-refractivity contribution >= 4 is 40.2 Å². The molecule has 5 rings (SSSR count). The van der Waals surface area contributed by atoms with Crippen LogP contribution in [-0.4, -0.2) is 29.7 Å². The van der Waals surface area contributed by atoms with E-state index in [0.717, 1.165) is 22.2 Å². The number of fused-ring (bicyclic) bond motifs is 3. The van der Waals surface area contributed by atoms with Crippen molar-refractivity contribution in [3.8, 4) is 11.5 Å². The van der Waals surface area contributed by atoms with E-state index in [1.165, 1.54) is 0 Å². The van der Waals surface area contributed by atoms with Crippen molar-refractivity contribution in [3.63, 3.8) is 0 Å². The van der Waals surface area contributed by atoms with E-state index in [1.807, 2.05) is 73.0 Å². The molecule has 1 aromatic heterocycles. The number of halogens is 1. The largest absolute Gasteiger partial charge is 0.496 e. The minimum absolute atomic E-state index is 0.261. The summed E-state index contributed by atoms with van der Waals surface area (Å²) in [6.45, 7) is 3.81. The fourth-order valence-corrected chi connectivity index (χ4v) is 4.68. The van der Waals surface area contributed by atoms with Crippen LogP contribution in [0.5, 0.6) is 11.5 Å². The molecule has 1 aliphatic rings. The highest BCUT2D eigenvalue weighted by Gasteiger charge is 2.34. The van der Waals surface area contributed by atoms with Crippen LogP contribution in [0.2, 0.25) is 5.02 Å². The van der Waals surface area contributed by atoms with E-state index < -0.39 is 6.04 Å². The molecule has 1 amide bonds. The van der Waals surface area contributed by atoms with Gasteiger partial charge in [0, 0.05) is 16.8 Å². The number of para-hydroxylation sites is 2. The third kappa shape index (κ3) is 3.98. The van der Waals surface area contributed by atoms with Gasteiger partial charge < -0.3 is 20.1 Å². The van der Waals surface area contributed by atoms with Crippen LogP contribution in [0.4, 0.5) is 11.6 Å². The Morgan fingerprint density at radius 1 is 1.03 bits per heavy atom. The maximum absolute atomic E-state index is 13.9. The summed E-state index contributed by atoms with van der Waals surface area (Å²) in [6, 6.07) is 18.6. The van der Waals surface area contributed by atoms with Gasteiger partial charge in [0.15, 0.2) is 0 Å². The van der Waals surface area contributed by atoms with Crippen molar-refractivity contribution in [1.29, 1.82) is 0 Å². The Hall–Kier alpha value is -3.97. The Labute approximate surface area is 208 Å². The number of hydrogen-bond donors (Lipinski definition) is 2. The molecule has 2 heterocycles. The first-order chi connectivity index (χ1) is 16.9. The summed E-state index contributed by atoms with van der Waals surface area (Å²) >= 11 is 6.19. The molecule has 0 saturated heterocycles. The number of nitrogens with one attached hydrogen (secondary N) is 2. The molecule has 3 aromatic carbocycles. The molecule has 0 aliphatic carbocycles. The van der Waals surface area contributed by atoms with Gasteiger partial charge in [0.05, 0.1) is 42.6 Å². The normalized spacial score (nSPS) is 14.9. The molecule has 178 valence electrons. The number of carbonyl (C=O) groups excluding carboxylic acids is 1. The fourth-order valence-electron chi connectivity index (χ4n) is 4.56. The molecular weight excluding hydrogens is 464 g/mol. The van der Waals surface area contributed by atoms with Crippen LogP contribution in [0.15, 0.2) is 71.9 Å². The Morgan fingerprint density at radius 3 is 2.46 bits per heavy atom. The molecule has 0 saturated carbocycles. The lowest BCUT2D eigenvalue weighted by atomic mass is 9.94. The number of benzene rings is 3. The standard InChI is InChI=1S/C27H25ClN4O3/c1-15-13-23(35-4)20(14-22(15)34-3)30-26(33)24-16(2)29-27-31-19-7-5-6-8-21(19)32(27)25(24)17-9-11-18(28)12-10-17/h5-14,25H,1-4H3,(H,29,31)(H,30,33)/t25-/m0/s1. The number of amides is 1. The number of allylic oxidation sites excluding steroid dienone is 1. The first kappa shape index (κ1) is 22.8. The van der Waals surface area contributed by atoms with Gasteiger partial charge in [0.1, 0.15) is 11.5 Å². The number of imidazole rings is 1. The summed E-state index contributed by atoms with van der Waals surface area (Å²) < 4.78 is 13.0. The molecule has 35 heavy (non-hydrogen) atoms. The number of nitrogens with zero attached hydrogens (tertiary/aromatic N) is 2. The van der Waals surface area contributed by atoms with Crippen molar-refractivity contribution < 1.29 is 14.3 Å². The van der Waals surface area contributed by atoms with Gasteiger partial charge in [-0.05, 0) is 55.3 Å². The first-order valence-corrected chi connectivity index (χ1v) is 11.5. The summed E-state index contributed by atoms with van der Waals surface area (Å²) in [5.41, 5.74) is 5.38. The highest BCUT2D eigenvalue weighted by Crippen LogP contribution is 2.40. The van der Waals surface area contributed by atoms with E-state index in [4.69, 9.17) is 26.1 Å². The summed E-state index contributed by atoms with van der Waals surface area (Å²) in [6.07, 6.45) is 0. The molecule has 2 N–H and O–H groups in total. The van der Waals surface area contributed by atoms with Gasteiger partial charge in [-0.3, -0.25) is 9.36 Å². The van der Waals surface area contributed by atoms with Crippen molar-refractivity contribution in [3.05, 3.63) is 88.1 Å². The summed E-state index contributed by atoms with van der Waals surface area (Å²) in [7, 11) is 3.17. The predicted octanol–water partition coefficient (Wildman–Crippen LogP) is 5.94. The second-order valence-corrected chi connectivity index (χ2v) is 8.82. The van der Waals surface area contributed by atoms with Gasteiger partial charge in [-0.15, -0.1) is 0 Å². The van der Waals surface area contributed by atoms with Crippen LogP contribution < -0.4 is 20.1 Å². The molecule has 0 spiro atoms. The topological polar surface area (TPSA) is 77.4 Å². The minimum Gasteiger partial charge on any atom is -0.496 e. The van der Waals surface area contributed by atoms with Crippen LogP contribution in [0, 0.1) is 6.92 Å². The van der Waals surface area contributed by atoms with Crippen molar-refractivity contribution in [2.75, 3.05) is 24.9 Å². The molecule has 0 unspecified atom stereocenters. The molecule has 4 aromatic rings. The van der Waals surface area contributed by atoms with Gasteiger partial charge >= 0.3 is 0 Å². The average molecular weight is 489 g/mol. The highest BCUT2D eigenvalue weighted by molar-refractivity contribution is 6.30. The molecule has 0 fully saturated rings. The smallest absolute Gasteiger partial charge is 0.255 e. The molecule has 0 radical (unpaired) electrons. The number of ether oxygens (including phenoxy) is 2. The quantitative estimate of drug-likeness (QED) is 0.363. The molecule has 1 atom stereocenters. The second kappa shape index (κ2) is 9.00.